The molecule has 0 fully saturated rings. The van der Waals surface area contributed by atoms with Crippen molar-refractivity contribution < 1.29 is 71.6 Å². The van der Waals surface area contributed by atoms with E-state index in [9.17, 15) is 43.2 Å². The fraction of sp³-hybridized carbons (Fsp3) is 0.722. The Morgan fingerprint density at radius 1 is 0.347 bits per heavy atom. The van der Waals surface area contributed by atoms with Crippen LogP contribution in [0.3, 0.4) is 0 Å². The van der Waals surface area contributed by atoms with E-state index in [0.29, 0.717) is 38.5 Å². The molecule has 75 heavy (non-hydrogen) atoms. The first-order chi connectivity index (χ1) is 34.1. The van der Waals surface area contributed by atoms with E-state index in [2.05, 4.69) is 31.9 Å². The van der Waals surface area contributed by atoms with Crippen molar-refractivity contribution >= 4 is 53.9 Å². The molecule has 0 aromatic heterocycles. The van der Waals surface area contributed by atoms with Gasteiger partial charge >= 0.3 is 36.2 Å². The van der Waals surface area contributed by atoms with Crippen LogP contribution in [-0.4, -0.2) is 125 Å². The van der Waals surface area contributed by atoms with Crippen LogP contribution in [0.25, 0.3) is 0 Å². The number of hydrogen-bond acceptors (Lipinski definition) is 15. The second kappa shape index (κ2) is 29.2. The number of ether oxygens (including phenoxy) is 6. The van der Waals surface area contributed by atoms with Gasteiger partial charge in [0.15, 0.2) is 0 Å². The molecule has 1 rings (SSSR count). The third kappa shape index (κ3) is 34.1. The van der Waals surface area contributed by atoms with Crippen molar-refractivity contribution in [2.75, 3.05) is 19.6 Å². The third-order valence-electron chi connectivity index (χ3n) is 9.33. The molecule has 3 atom stereocenters. The van der Waals surface area contributed by atoms with E-state index in [1.807, 2.05) is 18.2 Å². The molecule has 0 spiro atoms. The first-order valence-corrected chi connectivity index (χ1v) is 25.7. The molecular formula is C54H90N6O15. The Hall–Kier alpha value is -6.15. The maximum Gasteiger partial charge on any atom is 0.408 e. The highest BCUT2D eigenvalue weighted by atomic mass is 16.6. The summed E-state index contributed by atoms with van der Waals surface area (Å²) >= 11 is 0. The number of hydrogen-bond donors (Lipinski definition) is 6. The molecule has 426 valence electrons. The van der Waals surface area contributed by atoms with Crippen molar-refractivity contribution in [1.82, 2.24) is 31.9 Å². The van der Waals surface area contributed by atoms with Crippen molar-refractivity contribution in [3.63, 3.8) is 0 Å². The normalized spacial score (nSPS) is 13.4. The van der Waals surface area contributed by atoms with Crippen LogP contribution in [0.4, 0.5) is 14.4 Å². The average Bonchev–Trinajstić information content (AvgIpc) is 3.17. The van der Waals surface area contributed by atoms with Crippen molar-refractivity contribution in [2.24, 2.45) is 0 Å². The van der Waals surface area contributed by atoms with Crippen LogP contribution in [-0.2, 0) is 76.5 Å². The molecule has 21 nitrogen and oxygen atoms in total. The van der Waals surface area contributed by atoms with Crippen LogP contribution in [0.5, 0.6) is 0 Å². The first-order valence-electron chi connectivity index (χ1n) is 25.7. The van der Waals surface area contributed by atoms with Gasteiger partial charge in [-0.15, -0.1) is 0 Å². The van der Waals surface area contributed by atoms with Gasteiger partial charge in [-0.1, -0.05) is 18.2 Å². The smallest absolute Gasteiger partial charge is 0.408 e. The minimum Gasteiger partial charge on any atom is -0.460 e. The summed E-state index contributed by atoms with van der Waals surface area (Å²) in [6, 6.07) is 2.20. The highest BCUT2D eigenvalue weighted by Crippen LogP contribution is 2.18. The molecule has 21 heteroatoms. The van der Waals surface area contributed by atoms with Crippen LogP contribution < -0.4 is 31.9 Å². The Balaban J connectivity index is 3.32. The highest BCUT2D eigenvalue weighted by Gasteiger charge is 2.32. The number of amides is 6. The summed E-state index contributed by atoms with van der Waals surface area (Å²) in [6.45, 7) is 30.8. The van der Waals surface area contributed by atoms with Gasteiger partial charge in [-0.2, -0.15) is 0 Å². The van der Waals surface area contributed by atoms with Crippen molar-refractivity contribution in [1.29, 1.82) is 0 Å². The number of carbonyl (C=O) groups excluding carboxylic acids is 9. The minimum atomic E-state index is -1.27. The molecule has 0 aliphatic carbocycles. The van der Waals surface area contributed by atoms with Crippen molar-refractivity contribution in [3.05, 3.63) is 34.9 Å². The zero-order valence-corrected chi connectivity index (χ0v) is 48.1. The number of aryl methyl sites for hydroxylation is 3. The lowest BCUT2D eigenvalue weighted by Gasteiger charge is -2.24. The van der Waals surface area contributed by atoms with Crippen LogP contribution in [0.1, 0.15) is 180 Å². The molecule has 6 N–H and O–H groups in total. The Kier molecular flexibility index (Phi) is 26.1. The number of carbonyl (C=O) groups is 9. The van der Waals surface area contributed by atoms with Gasteiger partial charge in [0.05, 0.1) is 19.3 Å². The van der Waals surface area contributed by atoms with E-state index in [1.165, 1.54) is 0 Å². The predicted molar refractivity (Wildman–Crippen MR) is 281 cm³/mol. The second-order valence-corrected chi connectivity index (χ2v) is 24.3. The number of rotatable bonds is 24. The van der Waals surface area contributed by atoms with E-state index < -0.39 is 125 Å². The lowest BCUT2D eigenvalue weighted by Crippen LogP contribution is -2.49. The van der Waals surface area contributed by atoms with Crippen molar-refractivity contribution in [3.8, 4) is 0 Å². The first kappa shape index (κ1) is 66.9. The van der Waals surface area contributed by atoms with Crippen LogP contribution >= 0.6 is 0 Å². The molecule has 0 saturated heterocycles. The van der Waals surface area contributed by atoms with Crippen LogP contribution in [0, 0.1) is 0 Å². The molecule has 0 heterocycles. The molecular weight excluding hydrogens is 973 g/mol. The summed E-state index contributed by atoms with van der Waals surface area (Å²) in [5.41, 5.74) is -2.28. The third-order valence-corrected chi connectivity index (χ3v) is 9.33. The average molecular weight is 1060 g/mol. The summed E-state index contributed by atoms with van der Waals surface area (Å²) in [5, 5.41) is 15.9. The lowest BCUT2D eigenvalue weighted by atomic mass is 9.97. The zero-order valence-electron chi connectivity index (χ0n) is 48.1. The Morgan fingerprint density at radius 3 is 0.733 bits per heavy atom. The quantitative estimate of drug-likeness (QED) is 0.0357. The van der Waals surface area contributed by atoms with E-state index in [1.54, 1.807) is 125 Å². The van der Waals surface area contributed by atoms with Gasteiger partial charge in [0, 0.05) is 19.6 Å². The molecule has 0 aliphatic rings. The lowest BCUT2D eigenvalue weighted by molar-refractivity contribution is -0.157. The monoisotopic (exact) mass is 1060 g/mol. The topological polar surface area (TPSA) is 281 Å². The maximum atomic E-state index is 13.4. The molecule has 0 unspecified atom stereocenters. The molecule has 1 aromatic rings. The zero-order chi connectivity index (χ0) is 57.8. The van der Waals surface area contributed by atoms with Gasteiger partial charge in [0.25, 0.3) is 0 Å². The fourth-order valence-electron chi connectivity index (χ4n) is 6.78. The van der Waals surface area contributed by atoms with Crippen LogP contribution in [0.2, 0.25) is 0 Å². The highest BCUT2D eigenvalue weighted by molar-refractivity contribution is 5.91. The summed E-state index contributed by atoms with van der Waals surface area (Å²) in [7, 11) is 0. The molecule has 1 aromatic carbocycles. The molecule has 6 amide bonds. The Morgan fingerprint density at radius 2 is 0.547 bits per heavy atom. The Bertz CT molecular complexity index is 1770. The van der Waals surface area contributed by atoms with Crippen molar-refractivity contribution in [2.45, 2.75) is 234 Å². The largest absolute Gasteiger partial charge is 0.460 e. The van der Waals surface area contributed by atoms with Gasteiger partial charge in [-0.3, -0.25) is 28.8 Å². The summed E-state index contributed by atoms with van der Waals surface area (Å²) in [6.07, 6.45) is -1.03. The fourth-order valence-corrected chi connectivity index (χ4v) is 6.78. The summed E-state index contributed by atoms with van der Waals surface area (Å²) in [4.78, 5) is 117. The molecule has 0 aliphatic heterocycles. The van der Waals surface area contributed by atoms with Crippen LogP contribution in [0.15, 0.2) is 18.2 Å². The summed E-state index contributed by atoms with van der Waals surface area (Å²) in [5.74, 6) is -3.85. The van der Waals surface area contributed by atoms with Gasteiger partial charge < -0.3 is 60.3 Å². The predicted octanol–water partition coefficient (Wildman–Crippen LogP) is 6.71. The standard InChI is InChI=1S/C54H90N6O15/c1-49(2,3)70-40(61)31-37(58-46(67)73-52(10,11)12)43(64)55-25-19-22-34-28-35(23-20-26-56-44(65)38(32-41(62)71-50(4,5)6)59-47(68)74-53(13,14)15)30-36(29-34)24-21-27-57-45(66)39(33-42(63)72-51(7,8)9)60-48(69)75-54(16,17)18/h28-30,37-39H,19-27,31-33H2,1-18H3,(H,55,64)(H,56,65)(H,57,66)(H,58,67)(H,59,68)(H,60,69)/t37-,38-,39-/m0/s1. The second-order valence-electron chi connectivity index (χ2n) is 24.3. The number of benzene rings is 1. The van der Waals surface area contributed by atoms with E-state index >= 15 is 0 Å². The van der Waals surface area contributed by atoms with Gasteiger partial charge in [-0.25, -0.2) is 14.4 Å². The van der Waals surface area contributed by atoms with Gasteiger partial charge in [0.1, 0.15) is 51.7 Å². The number of esters is 3. The minimum absolute atomic E-state index is 0.181. The van der Waals surface area contributed by atoms with E-state index in [4.69, 9.17) is 28.4 Å². The molecule has 0 saturated carbocycles. The molecule has 0 radical (unpaired) electrons. The Labute approximate surface area is 444 Å². The summed E-state index contributed by atoms with van der Waals surface area (Å²) < 4.78 is 32.2. The number of alkyl carbamates (subject to hydrolysis) is 3. The SMILES string of the molecule is CC(C)(C)OC(=O)C[C@H](NC(=O)OC(C)(C)C)C(=O)NCCCc1cc(CCCNC(=O)[C@H](CC(=O)OC(C)(C)C)NC(=O)OC(C)(C)C)cc(CCCNC(=O)[C@H](CC(=O)OC(C)(C)C)NC(=O)OC(C)(C)C)c1. The number of nitrogens with one attached hydrogen (secondary N) is 6. The van der Waals surface area contributed by atoms with Gasteiger partial charge in [0.2, 0.25) is 17.7 Å². The molecule has 0 bridgehead atoms. The maximum absolute atomic E-state index is 13.4. The van der Waals surface area contributed by atoms with Gasteiger partial charge in [-0.05, 0) is 180 Å². The van der Waals surface area contributed by atoms with E-state index in [0.717, 1.165) is 16.7 Å². The van der Waals surface area contributed by atoms with E-state index in [-0.39, 0.29) is 19.6 Å².